The number of pyridine rings is 1. The van der Waals surface area contributed by atoms with Gasteiger partial charge in [0.1, 0.15) is 11.0 Å². The SMILES string of the molecule is CCc1nc(C)cc(C2(C)CCc3nc(Cl)ccc3C2=O)n1. The Kier molecular flexibility index (Phi) is 3.73. The van der Waals surface area contributed by atoms with Gasteiger partial charge in [-0.2, -0.15) is 0 Å². The number of aromatic nitrogens is 3. The Balaban J connectivity index is 2.09. The summed E-state index contributed by atoms with van der Waals surface area (Å²) in [5.74, 6) is 0.849. The van der Waals surface area contributed by atoms with E-state index < -0.39 is 5.41 Å². The molecule has 1 aliphatic rings. The molecular formula is C17H18ClN3O. The molecule has 5 heteroatoms. The summed E-state index contributed by atoms with van der Waals surface area (Å²) in [6, 6.07) is 5.37. The van der Waals surface area contributed by atoms with Crippen LogP contribution < -0.4 is 0 Å². The molecule has 0 N–H and O–H groups in total. The van der Waals surface area contributed by atoms with Gasteiger partial charge in [0.15, 0.2) is 5.78 Å². The predicted molar refractivity (Wildman–Crippen MR) is 85.4 cm³/mol. The van der Waals surface area contributed by atoms with Gasteiger partial charge in [0.05, 0.1) is 16.8 Å². The van der Waals surface area contributed by atoms with Crippen LogP contribution in [0.25, 0.3) is 0 Å². The maximum absolute atomic E-state index is 13.0. The summed E-state index contributed by atoms with van der Waals surface area (Å²) in [6.45, 7) is 5.93. The summed E-state index contributed by atoms with van der Waals surface area (Å²) in [4.78, 5) is 26.3. The number of aryl methyl sites for hydroxylation is 3. The van der Waals surface area contributed by atoms with E-state index in [1.54, 1.807) is 12.1 Å². The molecule has 2 heterocycles. The fraction of sp³-hybridized carbons (Fsp3) is 0.412. The van der Waals surface area contributed by atoms with E-state index in [4.69, 9.17) is 11.6 Å². The normalized spacial score (nSPS) is 20.8. The molecule has 2 aromatic rings. The second kappa shape index (κ2) is 5.43. The third-order valence-corrected chi connectivity index (χ3v) is 4.54. The van der Waals surface area contributed by atoms with Crippen LogP contribution >= 0.6 is 11.6 Å². The molecule has 0 bridgehead atoms. The van der Waals surface area contributed by atoms with Crippen molar-refractivity contribution < 1.29 is 4.79 Å². The van der Waals surface area contributed by atoms with Crippen molar-refractivity contribution in [1.82, 2.24) is 15.0 Å². The van der Waals surface area contributed by atoms with Gasteiger partial charge >= 0.3 is 0 Å². The molecule has 3 rings (SSSR count). The van der Waals surface area contributed by atoms with Gasteiger partial charge in [-0.1, -0.05) is 18.5 Å². The Morgan fingerprint density at radius 2 is 2.05 bits per heavy atom. The van der Waals surface area contributed by atoms with Crippen molar-refractivity contribution in [2.45, 2.75) is 45.4 Å². The average Bonchev–Trinajstić information content (AvgIpc) is 2.50. The standard InChI is InChI=1S/C17H18ClN3O/c1-4-15-19-10(2)9-13(21-15)17(3)8-7-12-11(16(17)22)5-6-14(18)20-12/h5-6,9H,4,7-8H2,1-3H3. The first kappa shape index (κ1) is 15.1. The number of rotatable bonds is 2. The third kappa shape index (κ3) is 2.41. The van der Waals surface area contributed by atoms with Crippen molar-refractivity contribution in [2.75, 3.05) is 0 Å². The second-order valence-electron chi connectivity index (χ2n) is 5.95. The van der Waals surface area contributed by atoms with E-state index in [2.05, 4.69) is 15.0 Å². The summed E-state index contributed by atoms with van der Waals surface area (Å²) in [7, 11) is 0. The van der Waals surface area contributed by atoms with Gasteiger partial charge in [0.2, 0.25) is 0 Å². The summed E-state index contributed by atoms with van der Waals surface area (Å²) in [5, 5.41) is 0.432. The lowest BCUT2D eigenvalue weighted by Gasteiger charge is -2.32. The maximum Gasteiger partial charge on any atom is 0.176 e. The lowest BCUT2D eigenvalue weighted by Crippen LogP contribution is -2.39. The van der Waals surface area contributed by atoms with Crippen LogP contribution in [0.1, 0.15) is 53.5 Å². The Hall–Kier alpha value is -1.81. The number of hydrogen-bond donors (Lipinski definition) is 0. The first-order valence-corrected chi connectivity index (χ1v) is 7.87. The second-order valence-corrected chi connectivity index (χ2v) is 6.34. The highest BCUT2D eigenvalue weighted by Crippen LogP contribution is 2.37. The summed E-state index contributed by atoms with van der Waals surface area (Å²) in [5.41, 5.74) is 2.53. The predicted octanol–water partition coefficient (Wildman–Crippen LogP) is 3.48. The fourth-order valence-corrected chi connectivity index (χ4v) is 3.13. The molecule has 0 radical (unpaired) electrons. The Bertz CT molecular complexity index is 760. The first-order chi connectivity index (χ1) is 10.4. The largest absolute Gasteiger partial charge is 0.293 e. The molecular weight excluding hydrogens is 298 g/mol. The van der Waals surface area contributed by atoms with Gasteiger partial charge in [0, 0.05) is 17.7 Å². The molecule has 1 aliphatic carbocycles. The highest BCUT2D eigenvalue weighted by Gasteiger charge is 2.42. The van der Waals surface area contributed by atoms with Gasteiger partial charge in [-0.05, 0) is 44.9 Å². The highest BCUT2D eigenvalue weighted by atomic mass is 35.5. The molecule has 0 amide bonds. The molecule has 114 valence electrons. The van der Waals surface area contributed by atoms with E-state index in [-0.39, 0.29) is 5.78 Å². The van der Waals surface area contributed by atoms with Crippen molar-refractivity contribution in [2.24, 2.45) is 0 Å². The molecule has 0 spiro atoms. The van der Waals surface area contributed by atoms with Crippen LogP contribution in [0.15, 0.2) is 18.2 Å². The van der Waals surface area contributed by atoms with Gasteiger partial charge in [-0.3, -0.25) is 4.79 Å². The molecule has 2 aromatic heterocycles. The molecule has 0 fully saturated rings. The summed E-state index contributed by atoms with van der Waals surface area (Å²) in [6.07, 6.45) is 2.17. The minimum absolute atomic E-state index is 0.0677. The number of halogens is 1. The Labute approximate surface area is 135 Å². The van der Waals surface area contributed by atoms with E-state index in [1.165, 1.54) is 0 Å². The third-order valence-electron chi connectivity index (χ3n) is 4.33. The van der Waals surface area contributed by atoms with Gasteiger partial charge in [-0.25, -0.2) is 15.0 Å². The van der Waals surface area contributed by atoms with Crippen molar-refractivity contribution >= 4 is 17.4 Å². The Morgan fingerprint density at radius 1 is 1.27 bits per heavy atom. The number of carbonyl (C=O) groups is 1. The Morgan fingerprint density at radius 3 is 2.77 bits per heavy atom. The lowest BCUT2D eigenvalue weighted by molar-refractivity contribution is 0.0870. The zero-order valence-corrected chi connectivity index (χ0v) is 13.7. The van der Waals surface area contributed by atoms with Gasteiger partial charge < -0.3 is 0 Å². The van der Waals surface area contributed by atoms with Gasteiger partial charge in [0.25, 0.3) is 0 Å². The number of hydrogen-bond acceptors (Lipinski definition) is 4. The number of ketones is 1. The highest BCUT2D eigenvalue weighted by molar-refractivity contribution is 6.29. The van der Waals surface area contributed by atoms with E-state index in [0.717, 1.165) is 35.7 Å². The molecule has 0 saturated heterocycles. The van der Waals surface area contributed by atoms with Crippen molar-refractivity contribution in [3.63, 3.8) is 0 Å². The number of fused-ring (bicyclic) bond motifs is 1. The molecule has 4 nitrogen and oxygen atoms in total. The molecule has 1 unspecified atom stereocenters. The van der Waals surface area contributed by atoms with E-state index >= 15 is 0 Å². The smallest absolute Gasteiger partial charge is 0.176 e. The monoisotopic (exact) mass is 315 g/mol. The van der Waals surface area contributed by atoms with Gasteiger partial charge in [-0.15, -0.1) is 0 Å². The van der Waals surface area contributed by atoms with Crippen LogP contribution in [-0.4, -0.2) is 20.7 Å². The lowest BCUT2D eigenvalue weighted by atomic mass is 9.71. The first-order valence-electron chi connectivity index (χ1n) is 7.49. The number of nitrogens with zero attached hydrogens (tertiary/aromatic N) is 3. The number of carbonyl (C=O) groups excluding carboxylic acids is 1. The van der Waals surface area contributed by atoms with E-state index in [9.17, 15) is 4.79 Å². The molecule has 0 aliphatic heterocycles. The van der Waals surface area contributed by atoms with Crippen molar-refractivity contribution in [3.8, 4) is 0 Å². The van der Waals surface area contributed by atoms with Crippen LogP contribution in [-0.2, 0) is 18.3 Å². The number of Topliss-reactive ketones (excluding diaryl/α,β-unsaturated/α-hetero) is 1. The average molecular weight is 316 g/mol. The van der Waals surface area contributed by atoms with E-state index in [0.29, 0.717) is 17.1 Å². The van der Waals surface area contributed by atoms with Crippen LogP contribution in [0.5, 0.6) is 0 Å². The summed E-state index contributed by atoms with van der Waals surface area (Å²) >= 11 is 5.93. The van der Waals surface area contributed by atoms with Crippen LogP contribution in [0.4, 0.5) is 0 Å². The van der Waals surface area contributed by atoms with Crippen LogP contribution in [0.2, 0.25) is 5.15 Å². The maximum atomic E-state index is 13.0. The zero-order chi connectivity index (χ0) is 15.9. The minimum atomic E-state index is -0.625. The topological polar surface area (TPSA) is 55.7 Å². The summed E-state index contributed by atoms with van der Waals surface area (Å²) < 4.78 is 0. The molecule has 0 saturated carbocycles. The molecule has 0 aromatic carbocycles. The van der Waals surface area contributed by atoms with Crippen LogP contribution in [0, 0.1) is 6.92 Å². The van der Waals surface area contributed by atoms with Crippen molar-refractivity contribution in [3.05, 3.63) is 51.8 Å². The minimum Gasteiger partial charge on any atom is -0.293 e. The zero-order valence-electron chi connectivity index (χ0n) is 13.0. The quantitative estimate of drug-likeness (QED) is 0.796. The molecule has 22 heavy (non-hydrogen) atoms. The van der Waals surface area contributed by atoms with Crippen LogP contribution in [0.3, 0.4) is 0 Å². The fourth-order valence-electron chi connectivity index (χ4n) is 2.97. The van der Waals surface area contributed by atoms with E-state index in [1.807, 2.05) is 26.8 Å². The molecule has 1 atom stereocenters. The van der Waals surface area contributed by atoms with Crippen molar-refractivity contribution in [1.29, 1.82) is 0 Å².